The lowest BCUT2D eigenvalue weighted by Crippen LogP contribution is -2.61. The van der Waals surface area contributed by atoms with Crippen molar-refractivity contribution < 1.29 is 18.5 Å². The first-order valence-electron chi connectivity index (χ1n) is 15.5. The molecule has 2 aliphatic carbocycles. The molecular formula is C32H35Cl2FN6O4. The van der Waals surface area contributed by atoms with Crippen LogP contribution in [0.15, 0.2) is 39.6 Å². The first-order chi connectivity index (χ1) is 21.4. The van der Waals surface area contributed by atoms with Gasteiger partial charge >= 0.3 is 5.76 Å². The van der Waals surface area contributed by atoms with Gasteiger partial charge in [0.25, 0.3) is 0 Å². The van der Waals surface area contributed by atoms with Crippen LogP contribution in [-0.2, 0) is 15.0 Å². The Morgan fingerprint density at radius 1 is 1.04 bits per heavy atom. The minimum Gasteiger partial charge on any atom is -0.352 e. The molecule has 238 valence electrons. The number of pyridine rings is 1. The summed E-state index contributed by atoms with van der Waals surface area (Å²) in [5, 5.41) is 13.8. The zero-order valence-corrected chi connectivity index (χ0v) is 26.5. The summed E-state index contributed by atoms with van der Waals surface area (Å²) in [5.41, 5.74) is -1.39. The number of carbonyl (C=O) groups excluding carboxylic acids is 2. The van der Waals surface area contributed by atoms with Crippen LogP contribution in [0.4, 0.5) is 10.2 Å². The van der Waals surface area contributed by atoms with Crippen LogP contribution >= 0.6 is 23.2 Å². The van der Waals surface area contributed by atoms with Crippen LogP contribution in [0.3, 0.4) is 0 Å². The molecule has 2 saturated carbocycles. The predicted molar refractivity (Wildman–Crippen MR) is 166 cm³/mol. The molecule has 2 spiro atoms. The molecule has 4 N–H and O–H groups in total. The Kier molecular flexibility index (Phi) is 7.37. The van der Waals surface area contributed by atoms with Crippen LogP contribution in [0.25, 0.3) is 0 Å². The molecule has 13 heteroatoms. The highest BCUT2D eigenvalue weighted by atomic mass is 35.5. The molecule has 1 aromatic carbocycles. The van der Waals surface area contributed by atoms with E-state index in [0.717, 1.165) is 12.8 Å². The fourth-order valence-corrected chi connectivity index (χ4v) is 8.84. The lowest BCUT2D eigenvalue weighted by Gasteiger charge is -2.50. The van der Waals surface area contributed by atoms with Crippen LogP contribution < -0.4 is 21.7 Å². The van der Waals surface area contributed by atoms with E-state index >= 15 is 4.39 Å². The third kappa shape index (κ3) is 4.80. The number of fused-ring (bicyclic) bond motifs is 3. The Morgan fingerprint density at radius 3 is 2.47 bits per heavy atom. The smallest absolute Gasteiger partial charge is 0.352 e. The molecule has 4 heterocycles. The van der Waals surface area contributed by atoms with Gasteiger partial charge in [-0.2, -0.15) is 0 Å². The summed E-state index contributed by atoms with van der Waals surface area (Å²) in [4.78, 5) is 47.5. The molecule has 10 nitrogen and oxygen atoms in total. The monoisotopic (exact) mass is 656 g/mol. The molecule has 3 atom stereocenters. The van der Waals surface area contributed by atoms with E-state index < -0.39 is 34.5 Å². The van der Waals surface area contributed by atoms with Crippen LogP contribution in [0, 0.1) is 11.2 Å². The van der Waals surface area contributed by atoms with Crippen LogP contribution in [0.5, 0.6) is 0 Å². The second-order valence-electron chi connectivity index (χ2n) is 13.8. The quantitative estimate of drug-likeness (QED) is 0.278. The Bertz CT molecular complexity index is 1720. The first-order valence-corrected chi connectivity index (χ1v) is 16.3. The van der Waals surface area contributed by atoms with Crippen molar-refractivity contribution in [2.75, 3.05) is 5.32 Å². The summed E-state index contributed by atoms with van der Waals surface area (Å²) in [6, 6.07) is 7.08. The first kappa shape index (κ1) is 30.4. The molecular weight excluding hydrogens is 622 g/mol. The number of anilines is 1. The Hall–Kier alpha value is -3.28. The molecule has 7 rings (SSSR count). The maximum atomic E-state index is 16.1. The second-order valence-corrected chi connectivity index (χ2v) is 14.6. The maximum absolute atomic E-state index is 16.1. The van der Waals surface area contributed by atoms with Gasteiger partial charge in [-0.1, -0.05) is 60.4 Å². The fraction of sp³-hybridized carbons (Fsp3) is 0.531. The van der Waals surface area contributed by atoms with Gasteiger partial charge in [0.1, 0.15) is 22.2 Å². The molecule has 2 amide bonds. The van der Waals surface area contributed by atoms with Gasteiger partial charge in [-0.25, -0.2) is 14.2 Å². The van der Waals surface area contributed by atoms with Gasteiger partial charge in [0.2, 0.25) is 11.8 Å². The van der Waals surface area contributed by atoms with Crippen molar-refractivity contribution in [3.63, 3.8) is 0 Å². The van der Waals surface area contributed by atoms with Gasteiger partial charge in [-0.3, -0.25) is 24.4 Å². The largest absolute Gasteiger partial charge is 0.438 e. The summed E-state index contributed by atoms with van der Waals surface area (Å²) in [6.45, 7) is 4.41. The van der Waals surface area contributed by atoms with E-state index in [4.69, 9.17) is 23.2 Å². The minimum absolute atomic E-state index is 0.0256. The van der Waals surface area contributed by atoms with E-state index in [9.17, 15) is 14.4 Å². The minimum atomic E-state index is -1.36. The van der Waals surface area contributed by atoms with Gasteiger partial charge in [-0.05, 0) is 74.5 Å². The predicted octanol–water partition coefficient (Wildman–Crippen LogP) is 5.33. The molecule has 0 unspecified atom stereocenters. The number of carbonyl (C=O) groups is 2. The highest BCUT2D eigenvalue weighted by Crippen LogP contribution is 2.63. The van der Waals surface area contributed by atoms with Crippen LogP contribution in [0.1, 0.15) is 94.0 Å². The second kappa shape index (κ2) is 10.9. The van der Waals surface area contributed by atoms with Crippen molar-refractivity contribution in [3.05, 3.63) is 73.8 Å². The lowest BCUT2D eigenvalue weighted by molar-refractivity contribution is -0.125. The van der Waals surface area contributed by atoms with E-state index in [2.05, 4.69) is 49.4 Å². The third-order valence-electron chi connectivity index (χ3n) is 10.8. The summed E-state index contributed by atoms with van der Waals surface area (Å²) in [5.74, 6) is -1.93. The van der Waals surface area contributed by atoms with E-state index in [1.807, 2.05) is 0 Å². The highest BCUT2D eigenvalue weighted by Gasteiger charge is 2.73. The zero-order chi connectivity index (χ0) is 31.7. The van der Waals surface area contributed by atoms with Crippen molar-refractivity contribution in [2.45, 2.75) is 100 Å². The van der Waals surface area contributed by atoms with Crippen molar-refractivity contribution in [2.24, 2.45) is 5.41 Å². The fourth-order valence-electron chi connectivity index (χ4n) is 8.51. The summed E-state index contributed by atoms with van der Waals surface area (Å²) < 4.78 is 20.8. The highest BCUT2D eigenvalue weighted by molar-refractivity contribution is 6.31. The number of nitrogens with zero attached hydrogens (tertiary/aromatic N) is 2. The van der Waals surface area contributed by atoms with Gasteiger partial charge in [0.05, 0.1) is 11.1 Å². The number of aromatic nitrogens is 3. The number of halogens is 3. The molecule has 2 aromatic heterocycles. The zero-order valence-electron chi connectivity index (χ0n) is 25.0. The molecule has 1 saturated heterocycles. The van der Waals surface area contributed by atoms with Gasteiger partial charge in [0.15, 0.2) is 5.82 Å². The number of amides is 2. The Morgan fingerprint density at radius 2 is 1.78 bits per heavy atom. The molecule has 3 aromatic rings. The summed E-state index contributed by atoms with van der Waals surface area (Å²) in [6.07, 6.45) is 5.51. The van der Waals surface area contributed by atoms with E-state index in [1.165, 1.54) is 6.07 Å². The molecule has 4 aliphatic rings. The summed E-state index contributed by atoms with van der Waals surface area (Å²) in [7, 11) is 0. The normalized spacial score (nSPS) is 29.9. The Labute approximate surface area is 269 Å². The molecule has 0 radical (unpaired) electrons. The topological polar surface area (TPSA) is 142 Å². The molecule has 0 bridgehead atoms. The number of benzene rings is 1. The van der Waals surface area contributed by atoms with E-state index in [0.29, 0.717) is 55.7 Å². The number of rotatable bonds is 4. The maximum Gasteiger partial charge on any atom is 0.438 e. The third-order valence-corrected chi connectivity index (χ3v) is 11.3. The number of hydrogen-bond acceptors (Lipinski definition) is 7. The van der Waals surface area contributed by atoms with E-state index in [1.54, 1.807) is 24.3 Å². The number of aromatic amines is 1. The van der Waals surface area contributed by atoms with Crippen molar-refractivity contribution in [3.8, 4) is 0 Å². The average Bonchev–Trinajstić information content (AvgIpc) is 3.65. The standard InChI is InChI=1S/C32H35Cl2FN6O4/c1-30(2)12-14-31(15-13-30)32(19-10-11-21(34)37-26(19)38-28(32)43)22(18-4-3-5-20(33)23(18)35)24(40-31)27(42)36-17-8-6-16(7-9-17)25-39-29(44)45-41-25/h3-5,10-11,16-17,22,24,40H,6-9,12-15H2,1-2H3,(H,36,42)(H,37,38,43)(H,39,41,44)/t16?,17?,22-,24+,32+/m0/s1. The molecule has 2 aliphatic heterocycles. The molecule has 3 fully saturated rings. The van der Waals surface area contributed by atoms with Gasteiger partial charge < -0.3 is 10.6 Å². The van der Waals surface area contributed by atoms with Gasteiger partial charge in [-0.15, -0.1) is 0 Å². The van der Waals surface area contributed by atoms with Crippen molar-refractivity contribution in [1.29, 1.82) is 0 Å². The Balaban J connectivity index is 1.30. The van der Waals surface area contributed by atoms with E-state index in [-0.39, 0.29) is 44.9 Å². The summed E-state index contributed by atoms with van der Waals surface area (Å²) >= 11 is 12.6. The number of hydrogen-bond donors (Lipinski definition) is 4. The average molecular weight is 658 g/mol. The number of H-pyrrole nitrogens is 1. The van der Waals surface area contributed by atoms with Gasteiger partial charge in [0, 0.05) is 29.0 Å². The lowest BCUT2D eigenvalue weighted by atomic mass is 9.53. The molecule has 45 heavy (non-hydrogen) atoms. The van der Waals surface area contributed by atoms with Crippen LogP contribution in [-0.4, -0.2) is 44.6 Å². The van der Waals surface area contributed by atoms with Crippen molar-refractivity contribution in [1.82, 2.24) is 25.8 Å². The van der Waals surface area contributed by atoms with Crippen LogP contribution in [0.2, 0.25) is 10.2 Å². The SMILES string of the molecule is CC1(C)CCC2(CC1)N[C@@H](C(=O)NC1CCC(c3noc(=O)[nH]3)CC1)[C@H](c1cccc(Cl)c1F)[C@]21C(=O)Nc2nc(Cl)ccc21. The number of nitrogens with one attached hydrogen (secondary N) is 4. The van der Waals surface area contributed by atoms with Crippen molar-refractivity contribution >= 4 is 40.8 Å².